The average molecular weight is 274 g/mol. The van der Waals surface area contributed by atoms with Gasteiger partial charge in [0.05, 0.1) is 0 Å². The van der Waals surface area contributed by atoms with Gasteiger partial charge in [-0.25, -0.2) is 4.39 Å². The lowest BCUT2D eigenvalue weighted by Gasteiger charge is -2.23. The maximum Gasteiger partial charge on any atom is 0.127 e. The third-order valence-electron chi connectivity index (χ3n) is 3.27. The lowest BCUT2D eigenvalue weighted by atomic mass is 10.0. The Morgan fingerprint density at radius 3 is 3.00 bits per heavy atom. The molecule has 1 nitrogen and oxygen atoms in total. The Bertz CT molecular complexity index is 359. The second-order valence-electron chi connectivity index (χ2n) is 4.35. The minimum Gasteiger partial charge on any atom is -0.316 e. The van der Waals surface area contributed by atoms with E-state index in [1.807, 2.05) is 18.8 Å². The van der Waals surface area contributed by atoms with Gasteiger partial charge >= 0.3 is 0 Å². The zero-order chi connectivity index (χ0) is 12.3. The molecule has 0 aliphatic carbocycles. The van der Waals surface area contributed by atoms with Gasteiger partial charge in [-0.1, -0.05) is 17.7 Å². The topological polar surface area (TPSA) is 12.0 Å². The summed E-state index contributed by atoms with van der Waals surface area (Å²) in [5.41, 5.74) is 0.640. The molecule has 1 N–H and O–H groups in total. The van der Waals surface area contributed by atoms with Gasteiger partial charge < -0.3 is 5.32 Å². The largest absolute Gasteiger partial charge is 0.316 e. The van der Waals surface area contributed by atoms with Crippen molar-refractivity contribution in [1.82, 2.24) is 5.32 Å². The van der Waals surface area contributed by atoms with E-state index in [0.29, 0.717) is 28.3 Å². The van der Waals surface area contributed by atoms with Crippen LogP contribution in [0, 0.1) is 5.82 Å². The molecule has 0 spiro atoms. The second kappa shape index (κ2) is 6.07. The minimum absolute atomic E-state index is 0.194. The highest BCUT2D eigenvalue weighted by atomic mass is 35.5. The Kier molecular flexibility index (Phi) is 4.71. The predicted octanol–water partition coefficient (Wildman–Crippen LogP) is 3.51. The summed E-state index contributed by atoms with van der Waals surface area (Å²) in [6, 6.07) is 5.20. The van der Waals surface area contributed by atoms with Crippen LogP contribution in [0.4, 0.5) is 4.39 Å². The molecule has 1 heterocycles. The van der Waals surface area contributed by atoms with E-state index < -0.39 is 0 Å². The van der Waals surface area contributed by atoms with Crippen LogP contribution in [0.1, 0.15) is 18.4 Å². The van der Waals surface area contributed by atoms with E-state index in [0.717, 1.165) is 0 Å². The van der Waals surface area contributed by atoms with Gasteiger partial charge in [0.1, 0.15) is 5.82 Å². The molecule has 1 saturated heterocycles. The van der Waals surface area contributed by atoms with Crippen molar-refractivity contribution >= 4 is 23.4 Å². The van der Waals surface area contributed by atoms with Crippen molar-refractivity contribution in [2.45, 2.75) is 30.6 Å². The van der Waals surface area contributed by atoms with Crippen LogP contribution in [0.25, 0.3) is 0 Å². The van der Waals surface area contributed by atoms with E-state index in [9.17, 15) is 4.39 Å². The Labute approximate surface area is 111 Å². The first-order valence-corrected chi connectivity index (χ1v) is 7.37. The quantitative estimate of drug-likeness (QED) is 0.901. The molecule has 17 heavy (non-hydrogen) atoms. The minimum atomic E-state index is -0.194. The molecule has 1 aromatic rings. The van der Waals surface area contributed by atoms with Crippen molar-refractivity contribution in [3.8, 4) is 0 Å². The van der Waals surface area contributed by atoms with Gasteiger partial charge in [-0.2, -0.15) is 11.8 Å². The lowest BCUT2D eigenvalue weighted by Crippen LogP contribution is -2.36. The standard InChI is InChI=1S/C13H17ClFNS/c1-16-12(13-6-3-7-17-13)8-9-10(14)4-2-5-11(9)15/h2,4-5,12-13,16H,3,6-8H2,1H3. The van der Waals surface area contributed by atoms with E-state index in [1.54, 1.807) is 12.1 Å². The van der Waals surface area contributed by atoms with Crippen molar-refractivity contribution in [2.75, 3.05) is 12.8 Å². The number of benzene rings is 1. The number of hydrogen-bond donors (Lipinski definition) is 1. The van der Waals surface area contributed by atoms with E-state index in [2.05, 4.69) is 5.32 Å². The van der Waals surface area contributed by atoms with E-state index in [4.69, 9.17) is 11.6 Å². The fourth-order valence-corrected chi connectivity index (χ4v) is 3.96. The zero-order valence-electron chi connectivity index (χ0n) is 9.88. The highest BCUT2D eigenvalue weighted by Crippen LogP contribution is 2.31. The number of rotatable bonds is 4. The highest BCUT2D eigenvalue weighted by Gasteiger charge is 2.26. The molecule has 1 fully saturated rings. The highest BCUT2D eigenvalue weighted by molar-refractivity contribution is 8.00. The summed E-state index contributed by atoms with van der Waals surface area (Å²) in [4.78, 5) is 0. The summed E-state index contributed by atoms with van der Waals surface area (Å²) >= 11 is 8.04. The Balaban J connectivity index is 2.12. The van der Waals surface area contributed by atoms with Crippen molar-refractivity contribution in [3.05, 3.63) is 34.6 Å². The molecule has 0 bridgehead atoms. The van der Waals surface area contributed by atoms with Crippen LogP contribution in [0.3, 0.4) is 0 Å². The van der Waals surface area contributed by atoms with E-state index >= 15 is 0 Å². The van der Waals surface area contributed by atoms with E-state index in [1.165, 1.54) is 24.7 Å². The van der Waals surface area contributed by atoms with Crippen LogP contribution >= 0.6 is 23.4 Å². The van der Waals surface area contributed by atoms with Crippen molar-refractivity contribution < 1.29 is 4.39 Å². The third-order valence-corrected chi connectivity index (χ3v) is 5.14. The van der Waals surface area contributed by atoms with Gasteiger partial charge in [-0.15, -0.1) is 0 Å². The second-order valence-corrected chi connectivity index (χ2v) is 6.11. The summed E-state index contributed by atoms with van der Waals surface area (Å²) in [7, 11) is 1.94. The molecule has 2 unspecified atom stereocenters. The molecule has 1 aliphatic heterocycles. The van der Waals surface area contributed by atoms with Crippen LogP contribution in [-0.2, 0) is 6.42 Å². The molecule has 0 radical (unpaired) electrons. The SMILES string of the molecule is CNC(Cc1c(F)cccc1Cl)C1CCCS1. The Morgan fingerprint density at radius 1 is 1.59 bits per heavy atom. The fourth-order valence-electron chi connectivity index (χ4n) is 2.29. The van der Waals surface area contributed by atoms with Crippen LogP contribution in [0.15, 0.2) is 18.2 Å². The van der Waals surface area contributed by atoms with Crippen molar-refractivity contribution in [3.63, 3.8) is 0 Å². The van der Waals surface area contributed by atoms with Crippen molar-refractivity contribution in [2.24, 2.45) is 0 Å². The molecular weight excluding hydrogens is 257 g/mol. The maximum absolute atomic E-state index is 13.7. The fraction of sp³-hybridized carbons (Fsp3) is 0.538. The zero-order valence-corrected chi connectivity index (χ0v) is 11.5. The lowest BCUT2D eigenvalue weighted by molar-refractivity contribution is 0.508. The summed E-state index contributed by atoms with van der Waals surface area (Å²) in [6.45, 7) is 0. The number of likely N-dealkylation sites (N-methyl/N-ethyl adjacent to an activating group) is 1. The molecule has 94 valence electrons. The molecule has 0 saturated carbocycles. The molecule has 2 rings (SSSR count). The number of halogens is 2. The van der Waals surface area contributed by atoms with Gasteiger partial charge in [-0.05, 0) is 44.2 Å². The smallest absolute Gasteiger partial charge is 0.127 e. The molecular formula is C13H17ClFNS. The van der Waals surface area contributed by atoms with Crippen LogP contribution < -0.4 is 5.32 Å². The monoisotopic (exact) mass is 273 g/mol. The first kappa shape index (κ1) is 13.2. The first-order valence-electron chi connectivity index (χ1n) is 5.94. The molecule has 4 heteroatoms. The summed E-state index contributed by atoms with van der Waals surface area (Å²) in [5, 5.41) is 4.42. The van der Waals surface area contributed by atoms with Crippen LogP contribution in [0.2, 0.25) is 5.02 Å². The van der Waals surface area contributed by atoms with E-state index in [-0.39, 0.29) is 5.82 Å². The molecule has 0 amide bonds. The molecule has 0 aromatic heterocycles. The van der Waals surface area contributed by atoms with Crippen molar-refractivity contribution in [1.29, 1.82) is 0 Å². The third kappa shape index (κ3) is 3.15. The summed E-state index contributed by atoms with van der Waals surface area (Å²) in [5.74, 6) is 1.02. The first-order chi connectivity index (χ1) is 8.22. The van der Waals surface area contributed by atoms with Gasteiger partial charge in [-0.3, -0.25) is 0 Å². The number of hydrogen-bond acceptors (Lipinski definition) is 2. The maximum atomic E-state index is 13.7. The predicted molar refractivity (Wildman–Crippen MR) is 73.4 cm³/mol. The Hall–Kier alpha value is -0.250. The molecule has 2 atom stereocenters. The number of thioether (sulfide) groups is 1. The Morgan fingerprint density at radius 2 is 2.41 bits per heavy atom. The van der Waals surface area contributed by atoms with Crippen LogP contribution in [-0.4, -0.2) is 24.1 Å². The van der Waals surface area contributed by atoms with Gasteiger partial charge in [0.2, 0.25) is 0 Å². The van der Waals surface area contributed by atoms with Gasteiger partial charge in [0, 0.05) is 21.9 Å². The average Bonchev–Trinajstić information content (AvgIpc) is 2.82. The number of nitrogens with one attached hydrogen (secondary N) is 1. The summed E-state index contributed by atoms with van der Waals surface area (Å²) < 4.78 is 13.7. The summed E-state index contributed by atoms with van der Waals surface area (Å²) in [6.07, 6.45) is 3.14. The van der Waals surface area contributed by atoms with Gasteiger partial charge in [0.15, 0.2) is 0 Å². The van der Waals surface area contributed by atoms with Crippen LogP contribution in [0.5, 0.6) is 0 Å². The van der Waals surface area contributed by atoms with Gasteiger partial charge in [0.25, 0.3) is 0 Å². The molecule has 1 aliphatic rings. The molecule has 1 aromatic carbocycles. The normalized spacial score (nSPS) is 21.7.